The Labute approximate surface area is 117 Å². The molecule has 0 saturated carbocycles. The highest BCUT2D eigenvalue weighted by atomic mass is 35.5. The molecule has 3 unspecified atom stereocenters. The molecule has 3 atom stereocenters. The molecule has 0 aromatic heterocycles. The van der Waals surface area contributed by atoms with Crippen LogP contribution in [0.4, 0.5) is 4.39 Å². The molecule has 0 saturated heterocycles. The van der Waals surface area contributed by atoms with Crippen LogP contribution in [0.2, 0.25) is 5.02 Å². The lowest BCUT2D eigenvalue weighted by Crippen LogP contribution is -2.39. The average molecular weight is 292 g/mol. The maximum atomic E-state index is 13.0. The number of rotatable bonds is 6. The first-order chi connectivity index (χ1) is 8.49. The maximum Gasteiger partial charge on any atom is 0.124 e. The van der Waals surface area contributed by atoms with Crippen LogP contribution in [0.5, 0.6) is 0 Å². The van der Waals surface area contributed by atoms with E-state index in [1.54, 1.807) is 17.8 Å². The van der Waals surface area contributed by atoms with E-state index in [1.165, 1.54) is 12.1 Å². The molecule has 0 aliphatic heterocycles. The van der Waals surface area contributed by atoms with Crippen molar-refractivity contribution in [2.45, 2.75) is 31.2 Å². The minimum absolute atomic E-state index is 0.00861. The summed E-state index contributed by atoms with van der Waals surface area (Å²) >= 11 is 7.64. The third-order valence-electron chi connectivity index (χ3n) is 2.98. The van der Waals surface area contributed by atoms with Crippen LogP contribution in [-0.2, 0) is 0 Å². The Morgan fingerprint density at radius 2 is 2.11 bits per heavy atom. The first-order valence-corrected chi connectivity index (χ1v) is 7.50. The van der Waals surface area contributed by atoms with Gasteiger partial charge in [-0.25, -0.2) is 4.39 Å². The molecular weight excluding hydrogens is 273 g/mol. The summed E-state index contributed by atoms with van der Waals surface area (Å²) in [6.45, 7) is 4.12. The summed E-state index contributed by atoms with van der Waals surface area (Å²) in [6.07, 6.45) is 1.97. The molecule has 1 rings (SSSR count). The fraction of sp³-hybridized carbons (Fsp3) is 0.538. The second-order valence-electron chi connectivity index (χ2n) is 4.30. The van der Waals surface area contributed by atoms with Crippen LogP contribution in [0.3, 0.4) is 0 Å². The number of halogens is 2. The Morgan fingerprint density at radius 1 is 1.44 bits per heavy atom. The number of aliphatic hydroxyl groups is 1. The molecule has 0 heterocycles. The van der Waals surface area contributed by atoms with Crippen molar-refractivity contribution < 1.29 is 9.50 Å². The highest BCUT2D eigenvalue weighted by molar-refractivity contribution is 7.99. The van der Waals surface area contributed by atoms with E-state index in [4.69, 9.17) is 11.6 Å². The van der Waals surface area contributed by atoms with Crippen molar-refractivity contribution in [2.24, 2.45) is 0 Å². The molecule has 1 aromatic carbocycles. The van der Waals surface area contributed by atoms with E-state index in [0.717, 1.165) is 5.56 Å². The zero-order chi connectivity index (χ0) is 13.7. The van der Waals surface area contributed by atoms with Gasteiger partial charge >= 0.3 is 0 Å². The summed E-state index contributed by atoms with van der Waals surface area (Å²) in [5.41, 5.74) is 0.864. The van der Waals surface area contributed by atoms with Crippen molar-refractivity contribution >= 4 is 23.4 Å². The molecule has 0 amide bonds. The summed E-state index contributed by atoms with van der Waals surface area (Å²) in [5, 5.41) is 13.2. The Hall–Kier alpha value is -0.290. The molecule has 0 aliphatic carbocycles. The van der Waals surface area contributed by atoms with Gasteiger partial charge in [0.1, 0.15) is 5.82 Å². The van der Waals surface area contributed by atoms with E-state index in [0.29, 0.717) is 5.02 Å². The topological polar surface area (TPSA) is 32.3 Å². The van der Waals surface area contributed by atoms with Gasteiger partial charge < -0.3 is 10.4 Å². The quantitative estimate of drug-likeness (QED) is 0.844. The number of hydrogen-bond acceptors (Lipinski definition) is 3. The Morgan fingerprint density at radius 3 is 2.61 bits per heavy atom. The van der Waals surface area contributed by atoms with Crippen LogP contribution >= 0.6 is 23.4 Å². The molecule has 2 nitrogen and oxygen atoms in total. The lowest BCUT2D eigenvalue weighted by Gasteiger charge is -2.26. The standard InChI is InChI=1S/C13H19ClFNOS/c1-8(16-9(2)13(7-17)18-3)11-5-4-10(15)6-12(11)14/h4-6,8-9,13,16-17H,7H2,1-3H3. The Kier molecular flexibility index (Phi) is 6.43. The van der Waals surface area contributed by atoms with Gasteiger partial charge in [-0.2, -0.15) is 11.8 Å². The lowest BCUT2D eigenvalue weighted by molar-refractivity contribution is 0.272. The minimum atomic E-state index is -0.332. The van der Waals surface area contributed by atoms with Gasteiger partial charge in [0, 0.05) is 22.4 Å². The number of benzene rings is 1. The number of thioether (sulfide) groups is 1. The van der Waals surface area contributed by atoms with Gasteiger partial charge in [-0.15, -0.1) is 0 Å². The molecule has 5 heteroatoms. The van der Waals surface area contributed by atoms with Crippen LogP contribution < -0.4 is 5.32 Å². The van der Waals surface area contributed by atoms with Crippen LogP contribution in [0.25, 0.3) is 0 Å². The van der Waals surface area contributed by atoms with E-state index in [9.17, 15) is 9.50 Å². The van der Waals surface area contributed by atoms with Gasteiger partial charge in [0.2, 0.25) is 0 Å². The smallest absolute Gasteiger partial charge is 0.124 e. The van der Waals surface area contributed by atoms with Crippen molar-refractivity contribution in [3.05, 3.63) is 34.6 Å². The largest absolute Gasteiger partial charge is 0.395 e. The van der Waals surface area contributed by atoms with Crippen LogP contribution in [0.15, 0.2) is 18.2 Å². The molecule has 0 aliphatic rings. The second-order valence-corrected chi connectivity index (χ2v) is 5.78. The Bertz CT molecular complexity index is 387. The summed E-state index contributed by atoms with van der Waals surface area (Å²) < 4.78 is 13.0. The predicted octanol–water partition coefficient (Wildman–Crippen LogP) is 3.24. The van der Waals surface area contributed by atoms with E-state index in [2.05, 4.69) is 5.32 Å². The van der Waals surface area contributed by atoms with Gasteiger partial charge in [0.25, 0.3) is 0 Å². The van der Waals surface area contributed by atoms with E-state index in [-0.39, 0.29) is 29.8 Å². The monoisotopic (exact) mass is 291 g/mol. The summed E-state index contributed by atoms with van der Waals surface area (Å²) in [7, 11) is 0. The van der Waals surface area contributed by atoms with Crippen LogP contribution in [-0.4, -0.2) is 29.3 Å². The average Bonchev–Trinajstić information content (AvgIpc) is 2.30. The number of aliphatic hydroxyl groups excluding tert-OH is 1. The normalized spacial score (nSPS) is 16.3. The first kappa shape index (κ1) is 15.8. The molecule has 2 N–H and O–H groups in total. The zero-order valence-electron chi connectivity index (χ0n) is 10.8. The van der Waals surface area contributed by atoms with Crippen molar-refractivity contribution in [1.82, 2.24) is 5.32 Å². The minimum Gasteiger partial charge on any atom is -0.395 e. The number of nitrogens with one attached hydrogen (secondary N) is 1. The van der Waals surface area contributed by atoms with E-state index < -0.39 is 0 Å². The highest BCUT2D eigenvalue weighted by Crippen LogP contribution is 2.25. The second kappa shape index (κ2) is 7.34. The van der Waals surface area contributed by atoms with Gasteiger partial charge in [-0.3, -0.25) is 0 Å². The van der Waals surface area contributed by atoms with E-state index >= 15 is 0 Å². The zero-order valence-corrected chi connectivity index (χ0v) is 12.4. The summed E-state index contributed by atoms with van der Waals surface area (Å²) in [4.78, 5) is 0. The first-order valence-electron chi connectivity index (χ1n) is 5.84. The fourth-order valence-corrected chi connectivity index (χ4v) is 2.85. The molecule has 0 fully saturated rings. The van der Waals surface area contributed by atoms with Gasteiger partial charge in [-0.1, -0.05) is 17.7 Å². The van der Waals surface area contributed by atoms with E-state index in [1.807, 2.05) is 20.1 Å². The lowest BCUT2D eigenvalue weighted by atomic mass is 10.1. The molecule has 102 valence electrons. The highest BCUT2D eigenvalue weighted by Gasteiger charge is 2.19. The molecule has 1 aromatic rings. The van der Waals surface area contributed by atoms with Crippen LogP contribution in [0, 0.1) is 5.82 Å². The van der Waals surface area contributed by atoms with Gasteiger partial charge in [0.15, 0.2) is 0 Å². The molecular formula is C13H19ClFNOS. The van der Waals surface area contributed by atoms with Crippen molar-refractivity contribution in [2.75, 3.05) is 12.9 Å². The number of hydrogen-bond donors (Lipinski definition) is 2. The molecule has 18 heavy (non-hydrogen) atoms. The summed E-state index contributed by atoms with van der Waals surface area (Å²) in [5.74, 6) is -0.332. The van der Waals surface area contributed by atoms with Crippen molar-refractivity contribution in [1.29, 1.82) is 0 Å². The molecule has 0 bridgehead atoms. The fourth-order valence-electron chi connectivity index (χ4n) is 1.88. The third-order valence-corrected chi connectivity index (χ3v) is 4.47. The van der Waals surface area contributed by atoms with Crippen molar-refractivity contribution in [3.63, 3.8) is 0 Å². The maximum absolute atomic E-state index is 13.0. The van der Waals surface area contributed by atoms with Crippen LogP contribution in [0.1, 0.15) is 25.5 Å². The SMILES string of the molecule is CSC(CO)C(C)NC(C)c1ccc(F)cc1Cl. The van der Waals surface area contributed by atoms with Crippen molar-refractivity contribution in [3.8, 4) is 0 Å². The van der Waals surface area contributed by atoms with Gasteiger partial charge in [0.05, 0.1) is 6.61 Å². The molecule has 0 radical (unpaired) electrons. The molecule has 0 spiro atoms. The third kappa shape index (κ3) is 4.12. The van der Waals surface area contributed by atoms with Gasteiger partial charge in [-0.05, 0) is 37.8 Å². The Balaban J connectivity index is 2.72. The predicted molar refractivity (Wildman–Crippen MR) is 76.8 cm³/mol. The summed E-state index contributed by atoms with van der Waals surface area (Å²) in [6, 6.07) is 4.56.